The number of hydrogen-bond acceptors (Lipinski definition) is 4. The van der Waals surface area contributed by atoms with Crippen molar-refractivity contribution in [2.24, 2.45) is 17.7 Å². The Morgan fingerprint density at radius 1 is 1.25 bits per heavy atom. The zero-order valence-electron chi connectivity index (χ0n) is 4.96. The summed E-state index contributed by atoms with van der Waals surface area (Å²) >= 11 is 0. The van der Waals surface area contributed by atoms with Crippen molar-refractivity contribution in [1.82, 2.24) is 0 Å². The Labute approximate surface area is 48.6 Å². The molecule has 0 saturated carbocycles. The lowest BCUT2D eigenvalue weighted by atomic mass is 10.2. The summed E-state index contributed by atoms with van der Waals surface area (Å²) in [5.41, 5.74) is 0. The van der Waals surface area contributed by atoms with E-state index in [4.69, 9.17) is 11.8 Å². The predicted octanol–water partition coefficient (Wildman–Crippen LogP) is -0.597. The second kappa shape index (κ2) is 4.99. The van der Waals surface area contributed by atoms with Crippen LogP contribution in [0.15, 0.2) is 0 Å². The fourth-order valence-electron chi connectivity index (χ4n) is 0.377. The van der Waals surface area contributed by atoms with E-state index in [1.165, 1.54) is 0 Å². The molecule has 0 saturated heterocycles. The number of hydrogen-bond donors (Lipinski definition) is 2. The molecule has 0 spiro atoms. The molecule has 0 atom stereocenters. The van der Waals surface area contributed by atoms with Crippen molar-refractivity contribution >= 4 is 0 Å². The van der Waals surface area contributed by atoms with Gasteiger partial charge >= 0.3 is 0 Å². The van der Waals surface area contributed by atoms with Crippen molar-refractivity contribution < 1.29 is 9.68 Å². The molecule has 0 fully saturated rings. The summed E-state index contributed by atoms with van der Waals surface area (Å²) in [5, 5.41) is 0. The standard InChI is InChI=1S/C4H12N2O2/c1-4(2-7-5)3-8-6/h4H,2-3,5-6H2,1H3. The molecule has 0 aromatic heterocycles. The summed E-state index contributed by atoms with van der Waals surface area (Å²) in [6, 6.07) is 0. The van der Waals surface area contributed by atoms with Crippen molar-refractivity contribution in [1.29, 1.82) is 0 Å². The van der Waals surface area contributed by atoms with Gasteiger partial charge in [0.05, 0.1) is 13.2 Å². The van der Waals surface area contributed by atoms with Gasteiger partial charge in [-0.15, -0.1) is 0 Å². The van der Waals surface area contributed by atoms with Crippen molar-refractivity contribution in [2.75, 3.05) is 13.2 Å². The second-order valence-electron chi connectivity index (χ2n) is 1.77. The molecule has 0 aliphatic rings. The van der Waals surface area contributed by atoms with Crippen LogP contribution in [0.5, 0.6) is 0 Å². The molecule has 0 rings (SSSR count). The van der Waals surface area contributed by atoms with E-state index in [0.717, 1.165) is 0 Å². The van der Waals surface area contributed by atoms with E-state index in [1.807, 2.05) is 6.92 Å². The maximum atomic E-state index is 4.76. The quantitative estimate of drug-likeness (QED) is 0.486. The van der Waals surface area contributed by atoms with Gasteiger partial charge in [-0.3, -0.25) is 0 Å². The molecule has 0 unspecified atom stereocenters. The van der Waals surface area contributed by atoms with Crippen LogP contribution in [0.1, 0.15) is 6.92 Å². The lowest BCUT2D eigenvalue weighted by Gasteiger charge is -2.05. The van der Waals surface area contributed by atoms with Gasteiger partial charge in [0.2, 0.25) is 0 Å². The third-order valence-corrected chi connectivity index (χ3v) is 0.761. The van der Waals surface area contributed by atoms with Crippen molar-refractivity contribution in [3.63, 3.8) is 0 Å². The highest BCUT2D eigenvalue weighted by Crippen LogP contribution is 1.91. The van der Waals surface area contributed by atoms with Crippen LogP contribution in [0.3, 0.4) is 0 Å². The summed E-state index contributed by atoms with van der Waals surface area (Å²) in [7, 11) is 0. The zero-order chi connectivity index (χ0) is 6.41. The van der Waals surface area contributed by atoms with Crippen LogP contribution < -0.4 is 11.8 Å². The van der Waals surface area contributed by atoms with Crippen molar-refractivity contribution in [2.45, 2.75) is 6.92 Å². The highest BCUT2D eigenvalue weighted by molar-refractivity contribution is 4.44. The summed E-state index contributed by atoms with van der Waals surface area (Å²) in [6.07, 6.45) is 0. The predicted molar refractivity (Wildman–Crippen MR) is 29.4 cm³/mol. The van der Waals surface area contributed by atoms with Crippen LogP contribution in [0.2, 0.25) is 0 Å². The summed E-state index contributed by atoms with van der Waals surface area (Å²) in [6.45, 7) is 2.90. The Morgan fingerprint density at radius 2 is 1.62 bits per heavy atom. The Hall–Kier alpha value is -0.160. The molecule has 0 aliphatic carbocycles. The molecule has 0 heterocycles. The lowest BCUT2D eigenvalue weighted by Crippen LogP contribution is -2.17. The zero-order valence-corrected chi connectivity index (χ0v) is 4.96. The van der Waals surface area contributed by atoms with Gasteiger partial charge in [0.25, 0.3) is 0 Å². The minimum absolute atomic E-state index is 0.269. The van der Waals surface area contributed by atoms with Gasteiger partial charge in [-0.1, -0.05) is 6.92 Å². The van der Waals surface area contributed by atoms with E-state index in [0.29, 0.717) is 13.2 Å². The highest BCUT2D eigenvalue weighted by Gasteiger charge is 1.98. The lowest BCUT2D eigenvalue weighted by molar-refractivity contribution is 0.0458. The summed E-state index contributed by atoms with van der Waals surface area (Å²) in [4.78, 5) is 8.64. The Kier molecular flexibility index (Phi) is 4.89. The first-order chi connectivity index (χ1) is 3.81. The monoisotopic (exact) mass is 120 g/mol. The summed E-state index contributed by atoms with van der Waals surface area (Å²) < 4.78 is 0. The van der Waals surface area contributed by atoms with Crippen LogP contribution in [-0.4, -0.2) is 13.2 Å². The molecule has 0 amide bonds. The van der Waals surface area contributed by atoms with Crippen molar-refractivity contribution in [3.05, 3.63) is 0 Å². The van der Waals surface area contributed by atoms with Gasteiger partial charge < -0.3 is 9.68 Å². The third kappa shape index (κ3) is 4.01. The van der Waals surface area contributed by atoms with E-state index >= 15 is 0 Å². The molecule has 0 bridgehead atoms. The van der Waals surface area contributed by atoms with Crippen LogP contribution in [0.25, 0.3) is 0 Å². The maximum Gasteiger partial charge on any atom is 0.0727 e. The average molecular weight is 120 g/mol. The molecule has 8 heavy (non-hydrogen) atoms. The van der Waals surface area contributed by atoms with E-state index < -0.39 is 0 Å². The van der Waals surface area contributed by atoms with E-state index in [1.54, 1.807) is 0 Å². The minimum Gasteiger partial charge on any atom is -0.304 e. The smallest absolute Gasteiger partial charge is 0.0727 e. The first-order valence-electron chi connectivity index (χ1n) is 2.44. The van der Waals surface area contributed by atoms with Gasteiger partial charge in [-0.2, -0.15) is 0 Å². The van der Waals surface area contributed by atoms with Gasteiger partial charge in [0, 0.05) is 5.92 Å². The van der Waals surface area contributed by atoms with Gasteiger partial charge in [-0.25, -0.2) is 11.8 Å². The topological polar surface area (TPSA) is 70.5 Å². The first kappa shape index (κ1) is 7.84. The molecule has 0 aliphatic heterocycles. The third-order valence-electron chi connectivity index (χ3n) is 0.761. The molecule has 0 aromatic carbocycles. The second-order valence-corrected chi connectivity index (χ2v) is 1.77. The summed E-state index contributed by atoms with van der Waals surface area (Å²) in [5.74, 6) is 9.80. The molecule has 4 N–H and O–H groups in total. The average Bonchev–Trinajstić information content (AvgIpc) is 1.68. The molecule has 4 heteroatoms. The van der Waals surface area contributed by atoms with E-state index in [2.05, 4.69) is 9.68 Å². The maximum absolute atomic E-state index is 4.76. The molecule has 0 aromatic rings. The highest BCUT2D eigenvalue weighted by atomic mass is 16.6. The van der Waals surface area contributed by atoms with Crippen LogP contribution in [0, 0.1) is 5.92 Å². The van der Waals surface area contributed by atoms with E-state index in [9.17, 15) is 0 Å². The Morgan fingerprint density at radius 3 is 1.88 bits per heavy atom. The molecule has 0 radical (unpaired) electrons. The van der Waals surface area contributed by atoms with Gasteiger partial charge in [0.15, 0.2) is 0 Å². The van der Waals surface area contributed by atoms with Gasteiger partial charge in [0.1, 0.15) is 0 Å². The fraction of sp³-hybridized carbons (Fsp3) is 1.00. The fourth-order valence-corrected chi connectivity index (χ4v) is 0.377. The number of nitrogens with two attached hydrogens (primary N) is 2. The molecule has 50 valence electrons. The van der Waals surface area contributed by atoms with Crippen LogP contribution in [-0.2, 0) is 9.68 Å². The first-order valence-corrected chi connectivity index (χ1v) is 2.44. The molecule has 4 nitrogen and oxygen atoms in total. The van der Waals surface area contributed by atoms with Crippen LogP contribution in [0.4, 0.5) is 0 Å². The molecular formula is C4H12N2O2. The van der Waals surface area contributed by atoms with E-state index in [-0.39, 0.29) is 5.92 Å². The van der Waals surface area contributed by atoms with Gasteiger partial charge in [-0.05, 0) is 0 Å². The van der Waals surface area contributed by atoms with Crippen LogP contribution >= 0.6 is 0 Å². The Balaban J connectivity index is 2.92. The van der Waals surface area contributed by atoms with Crippen molar-refractivity contribution in [3.8, 4) is 0 Å². The minimum atomic E-state index is 0.269. The number of rotatable bonds is 4. The Bertz CT molecular complexity index is 45.3. The largest absolute Gasteiger partial charge is 0.304 e. The normalized spacial score (nSPS) is 10.5. The SMILES string of the molecule is CC(CON)CON. The molecular weight excluding hydrogens is 108 g/mol.